The summed E-state index contributed by atoms with van der Waals surface area (Å²) < 4.78 is 13.1. The Bertz CT molecular complexity index is 481. The van der Waals surface area contributed by atoms with Gasteiger partial charge < -0.3 is 5.32 Å². The van der Waals surface area contributed by atoms with E-state index in [1.54, 1.807) is 6.92 Å². The number of hydrogen-bond donors (Lipinski definition) is 1. The van der Waals surface area contributed by atoms with E-state index in [9.17, 15) is 14.0 Å². The van der Waals surface area contributed by atoms with Gasteiger partial charge >= 0.3 is 0 Å². The predicted molar refractivity (Wildman–Crippen MR) is 65.9 cm³/mol. The van der Waals surface area contributed by atoms with Crippen molar-refractivity contribution in [1.82, 2.24) is 5.32 Å². The Hall–Kier alpha value is -1.71. The van der Waals surface area contributed by atoms with Crippen molar-refractivity contribution in [2.45, 2.75) is 38.6 Å². The highest BCUT2D eigenvalue weighted by atomic mass is 19.1. The lowest BCUT2D eigenvalue weighted by Gasteiger charge is -2.04. The molecule has 1 saturated carbocycles. The molecule has 0 saturated heterocycles. The highest BCUT2D eigenvalue weighted by molar-refractivity contribution is 5.98. The monoisotopic (exact) mass is 249 g/mol. The molecule has 96 valence electrons. The first-order chi connectivity index (χ1) is 8.56. The Morgan fingerprint density at radius 2 is 2.06 bits per heavy atom. The number of benzene rings is 1. The van der Waals surface area contributed by atoms with Crippen molar-refractivity contribution in [2.75, 3.05) is 0 Å². The molecule has 1 aromatic rings. The van der Waals surface area contributed by atoms with E-state index >= 15 is 0 Å². The number of carbonyl (C=O) groups is 2. The molecule has 0 spiro atoms. The molecule has 0 bridgehead atoms. The van der Waals surface area contributed by atoms with Crippen LogP contribution < -0.4 is 5.32 Å². The zero-order valence-electron chi connectivity index (χ0n) is 10.3. The van der Waals surface area contributed by atoms with Crippen molar-refractivity contribution in [3.8, 4) is 0 Å². The van der Waals surface area contributed by atoms with Crippen molar-refractivity contribution >= 4 is 11.7 Å². The summed E-state index contributed by atoms with van der Waals surface area (Å²) in [6.45, 7) is 1.62. The van der Waals surface area contributed by atoms with E-state index in [2.05, 4.69) is 5.32 Å². The average Bonchev–Trinajstić information content (AvgIpc) is 3.13. The van der Waals surface area contributed by atoms with Crippen molar-refractivity contribution in [3.05, 3.63) is 35.1 Å². The smallest absolute Gasteiger partial charge is 0.220 e. The van der Waals surface area contributed by atoms with Crippen LogP contribution in [0.25, 0.3) is 0 Å². The van der Waals surface area contributed by atoms with E-state index in [-0.39, 0.29) is 30.3 Å². The predicted octanol–water partition coefficient (Wildman–Crippen LogP) is 2.38. The van der Waals surface area contributed by atoms with E-state index in [4.69, 9.17) is 0 Å². The molecule has 0 radical (unpaired) electrons. The van der Waals surface area contributed by atoms with Crippen LogP contribution in [0.5, 0.6) is 0 Å². The fraction of sp³-hybridized carbons (Fsp3) is 0.429. The minimum absolute atomic E-state index is 0.0790. The summed E-state index contributed by atoms with van der Waals surface area (Å²) in [5, 5.41) is 2.83. The van der Waals surface area contributed by atoms with Gasteiger partial charge in [-0.2, -0.15) is 0 Å². The van der Waals surface area contributed by atoms with E-state index in [0.717, 1.165) is 12.8 Å². The number of amides is 1. The topological polar surface area (TPSA) is 46.2 Å². The molecule has 0 aromatic heterocycles. The van der Waals surface area contributed by atoms with Crippen molar-refractivity contribution in [2.24, 2.45) is 0 Å². The number of nitrogens with one attached hydrogen (secondary N) is 1. The Labute approximate surface area is 105 Å². The van der Waals surface area contributed by atoms with E-state index in [1.165, 1.54) is 18.2 Å². The van der Waals surface area contributed by atoms with Gasteiger partial charge in [-0.15, -0.1) is 0 Å². The standard InChI is InChI=1S/C14H16FNO2/c1-9-8-10(2-5-12(9)15)13(17)6-7-14(18)16-11-3-4-11/h2,5,8,11H,3-4,6-7H2,1H3,(H,16,18). The summed E-state index contributed by atoms with van der Waals surface area (Å²) in [6.07, 6.45) is 2.45. The van der Waals surface area contributed by atoms with Gasteiger partial charge in [-0.1, -0.05) is 0 Å². The molecular weight excluding hydrogens is 233 g/mol. The molecular formula is C14H16FNO2. The fourth-order valence-corrected chi connectivity index (χ4v) is 1.72. The molecule has 0 atom stereocenters. The minimum Gasteiger partial charge on any atom is -0.353 e. The molecule has 1 amide bonds. The normalized spacial score (nSPS) is 14.3. The molecule has 18 heavy (non-hydrogen) atoms. The van der Waals surface area contributed by atoms with Crippen LogP contribution in [0, 0.1) is 12.7 Å². The number of ketones is 1. The minimum atomic E-state index is -0.321. The van der Waals surface area contributed by atoms with Crippen molar-refractivity contribution in [1.29, 1.82) is 0 Å². The average molecular weight is 249 g/mol. The van der Waals surface area contributed by atoms with Gasteiger partial charge in [0, 0.05) is 24.4 Å². The maximum absolute atomic E-state index is 13.1. The zero-order valence-corrected chi connectivity index (χ0v) is 10.3. The van der Waals surface area contributed by atoms with Crippen LogP contribution in [0.15, 0.2) is 18.2 Å². The molecule has 1 N–H and O–H groups in total. The summed E-state index contributed by atoms with van der Waals surface area (Å²) in [5.41, 5.74) is 0.913. The van der Waals surface area contributed by atoms with Gasteiger partial charge in [0.2, 0.25) is 5.91 Å². The second-order valence-electron chi connectivity index (χ2n) is 4.73. The number of halogens is 1. The number of aryl methyl sites for hydroxylation is 1. The third kappa shape index (κ3) is 3.39. The highest BCUT2D eigenvalue weighted by Gasteiger charge is 2.23. The van der Waals surface area contributed by atoms with Gasteiger partial charge in [0.05, 0.1) is 0 Å². The maximum atomic E-state index is 13.1. The summed E-state index contributed by atoms with van der Waals surface area (Å²) in [6, 6.07) is 4.59. The number of hydrogen-bond acceptors (Lipinski definition) is 2. The Morgan fingerprint density at radius 3 is 2.67 bits per heavy atom. The molecule has 2 rings (SSSR count). The first-order valence-electron chi connectivity index (χ1n) is 6.15. The SMILES string of the molecule is Cc1cc(C(=O)CCC(=O)NC2CC2)ccc1F. The second kappa shape index (κ2) is 5.29. The van der Waals surface area contributed by atoms with Gasteiger partial charge in [-0.25, -0.2) is 4.39 Å². The highest BCUT2D eigenvalue weighted by Crippen LogP contribution is 2.19. The molecule has 0 unspecified atom stereocenters. The van der Waals surface area contributed by atoms with Crippen molar-refractivity contribution < 1.29 is 14.0 Å². The third-order valence-corrected chi connectivity index (χ3v) is 3.00. The summed E-state index contributed by atoms with van der Waals surface area (Å²) in [4.78, 5) is 23.2. The Balaban J connectivity index is 1.86. The van der Waals surface area contributed by atoms with Gasteiger partial charge in [-0.05, 0) is 43.5 Å². The van der Waals surface area contributed by atoms with Crippen LogP contribution in [0.4, 0.5) is 4.39 Å². The van der Waals surface area contributed by atoms with Crippen LogP contribution in [0.3, 0.4) is 0 Å². The van der Waals surface area contributed by atoms with E-state index in [1.807, 2.05) is 0 Å². The summed E-state index contributed by atoms with van der Waals surface area (Å²) in [7, 11) is 0. The number of carbonyl (C=O) groups excluding carboxylic acids is 2. The molecule has 1 aliphatic carbocycles. The Morgan fingerprint density at radius 1 is 1.33 bits per heavy atom. The third-order valence-electron chi connectivity index (χ3n) is 3.00. The van der Waals surface area contributed by atoms with Crippen LogP contribution in [0.2, 0.25) is 0 Å². The summed E-state index contributed by atoms with van der Waals surface area (Å²) in [5.74, 6) is -0.522. The summed E-state index contributed by atoms with van der Waals surface area (Å²) >= 11 is 0. The quantitative estimate of drug-likeness (QED) is 0.814. The van der Waals surface area contributed by atoms with Crippen LogP contribution in [-0.4, -0.2) is 17.7 Å². The van der Waals surface area contributed by atoms with Gasteiger partial charge in [0.15, 0.2) is 5.78 Å². The van der Waals surface area contributed by atoms with Crippen LogP contribution in [0.1, 0.15) is 41.6 Å². The van der Waals surface area contributed by atoms with Gasteiger partial charge in [-0.3, -0.25) is 9.59 Å². The fourth-order valence-electron chi connectivity index (χ4n) is 1.72. The maximum Gasteiger partial charge on any atom is 0.220 e. The molecule has 1 fully saturated rings. The van der Waals surface area contributed by atoms with Crippen LogP contribution >= 0.6 is 0 Å². The van der Waals surface area contributed by atoms with E-state index in [0.29, 0.717) is 17.2 Å². The van der Waals surface area contributed by atoms with Gasteiger partial charge in [0.1, 0.15) is 5.82 Å². The van der Waals surface area contributed by atoms with Gasteiger partial charge in [0.25, 0.3) is 0 Å². The molecule has 4 heteroatoms. The zero-order chi connectivity index (χ0) is 13.1. The molecule has 1 aliphatic rings. The van der Waals surface area contributed by atoms with Crippen molar-refractivity contribution in [3.63, 3.8) is 0 Å². The molecule has 0 heterocycles. The lowest BCUT2D eigenvalue weighted by molar-refractivity contribution is -0.121. The molecule has 3 nitrogen and oxygen atoms in total. The number of rotatable bonds is 5. The molecule has 1 aromatic carbocycles. The molecule has 0 aliphatic heterocycles. The van der Waals surface area contributed by atoms with Crippen LogP contribution in [-0.2, 0) is 4.79 Å². The van der Waals surface area contributed by atoms with E-state index < -0.39 is 0 Å². The first-order valence-corrected chi connectivity index (χ1v) is 6.15. The first kappa shape index (κ1) is 12.7. The number of Topliss-reactive ketones (excluding diaryl/α,β-unsaturated/α-hetero) is 1. The Kier molecular flexibility index (Phi) is 3.75. The second-order valence-corrected chi connectivity index (χ2v) is 4.73. The largest absolute Gasteiger partial charge is 0.353 e. The lowest BCUT2D eigenvalue weighted by Crippen LogP contribution is -2.25. The lowest BCUT2D eigenvalue weighted by atomic mass is 10.0.